The van der Waals surface area contributed by atoms with Crippen LogP contribution in [0.25, 0.3) is 0 Å². The van der Waals surface area contributed by atoms with Crippen molar-refractivity contribution >= 4 is 5.96 Å². The second-order valence-corrected chi connectivity index (χ2v) is 7.42. The standard InChI is InChI=1S/C23H25N5O4/c1-23(21(30-2)31-3)20(29)19(17-11-16(12-24)9-10-18(17)32-23)28-22(27-14-25)26-13-15-7-5-4-6-8-15/h4-11,19-21,29H,13H2,1-3H3,(H2,26,27,28)/t19-,20+,23-/m0/s1. The molecular weight excluding hydrogens is 410 g/mol. The Kier molecular flexibility index (Phi) is 7.29. The van der Waals surface area contributed by atoms with Crippen molar-refractivity contribution in [1.29, 1.82) is 10.5 Å². The quantitative estimate of drug-likeness (QED) is 0.271. The molecule has 166 valence electrons. The lowest BCUT2D eigenvalue weighted by molar-refractivity contribution is -0.238. The van der Waals surface area contributed by atoms with Gasteiger partial charge in [0.15, 0.2) is 11.9 Å². The first-order valence-electron chi connectivity index (χ1n) is 9.94. The second kappa shape index (κ2) is 10.1. The van der Waals surface area contributed by atoms with E-state index in [1.807, 2.05) is 30.3 Å². The fourth-order valence-electron chi connectivity index (χ4n) is 3.76. The summed E-state index contributed by atoms with van der Waals surface area (Å²) >= 11 is 0. The smallest absolute Gasteiger partial charge is 0.209 e. The Balaban J connectivity index is 1.96. The summed E-state index contributed by atoms with van der Waals surface area (Å²) < 4.78 is 16.9. The highest BCUT2D eigenvalue weighted by Gasteiger charge is 2.52. The van der Waals surface area contributed by atoms with Crippen molar-refractivity contribution in [3.05, 3.63) is 65.2 Å². The molecule has 0 radical (unpaired) electrons. The second-order valence-electron chi connectivity index (χ2n) is 7.42. The molecule has 2 aromatic carbocycles. The van der Waals surface area contributed by atoms with Gasteiger partial charge in [0.25, 0.3) is 0 Å². The predicted molar refractivity (Wildman–Crippen MR) is 116 cm³/mol. The maximum Gasteiger partial charge on any atom is 0.209 e. The van der Waals surface area contributed by atoms with E-state index in [2.05, 4.69) is 21.7 Å². The number of rotatable bonds is 6. The Morgan fingerprint density at radius 1 is 1.22 bits per heavy atom. The highest BCUT2D eigenvalue weighted by atomic mass is 16.7. The SMILES string of the molecule is COC(OC)[C@@]1(C)Oc2ccc(C#N)cc2[C@H](NC(=NC#N)NCc2ccccc2)[C@H]1O. The van der Waals surface area contributed by atoms with E-state index < -0.39 is 24.0 Å². The van der Waals surface area contributed by atoms with Gasteiger partial charge in [-0.15, -0.1) is 4.99 Å². The van der Waals surface area contributed by atoms with Gasteiger partial charge >= 0.3 is 0 Å². The summed E-state index contributed by atoms with van der Waals surface area (Å²) in [4.78, 5) is 3.84. The molecule has 1 aliphatic heterocycles. The highest BCUT2D eigenvalue weighted by Crippen LogP contribution is 2.42. The number of nitrogens with one attached hydrogen (secondary N) is 2. The van der Waals surface area contributed by atoms with Crippen molar-refractivity contribution < 1.29 is 19.3 Å². The molecule has 3 atom stereocenters. The summed E-state index contributed by atoms with van der Waals surface area (Å²) in [6, 6.07) is 15.8. The molecule has 0 fully saturated rings. The van der Waals surface area contributed by atoms with Gasteiger partial charge in [-0.2, -0.15) is 10.5 Å². The third kappa shape index (κ3) is 4.66. The molecule has 9 heteroatoms. The van der Waals surface area contributed by atoms with E-state index in [9.17, 15) is 15.6 Å². The van der Waals surface area contributed by atoms with Gasteiger partial charge in [0.05, 0.1) is 17.7 Å². The van der Waals surface area contributed by atoms with Crippen LogP contribution in [0.1, 0.15) is 29.7 Å². The Hall–Kier alpha value is -3.63. The number of guanidine groups is 1. The van der Waals surface area contributed by atoms with Crippen LogP contribution in [0, 0.1) is 22.8 Å². The molecule has 0 aliphatic carbocycles. The van der Waals surface area contributed by atoms with Crippen LogP contribution in [-0.4, -0.2) is 43.3 Å². The number of methoxy groups -OCH3 is 2. The molecule has 0 spiro atoms. The summed E-state index contributed by atoms with van der Waals surface area (Å²) in [6.07, 6.45) is -0.304. The van der Waals surface area contributed by atoms with Crippen LogP contribution in [0.4, 0.5) is 0 Å². The number of benzene rings is 2. The van der Waals surface area contributed by atoms with Crippen molar-refractivity contribution in [2.24, 2.45) is 4.99 Å². The van der Waals surface area contributed by atoms with E-state index in [0.717, 1.165) is 5.56 Å². The average molecular weight is 435 g/mol. The first kappa shape index (κ1) is 23.0. The molecule has 0 bridgehead atoms. The number of aliphatic imine (C=N–C) groups is 1. The first-order valence-corrected chi connectivity index (χ1v) is 9.94. The van der Waals surface area contributed by atoms with Gasteiger partial charge in [-0.25, -0.2) is 0 Å². The molecule has 3 rings (SSSR count). The van der Waals surface area contributed by atoms with E-state index in [4.69, 9.17) is 14.2 Å². The Bertz CT molecular complexity index is 1040. The number of aliphatic hydroxyl groups excluding tert-OH is 1. The molecule has 32 heavy (non-hydrogen) atoms. The number of fused-ring (bicyclic) bond motifs is 1. The molecular formula is C23H25N5O4. The van der Waals surface area contributed by atoms with Crippen LogP contribution in [0.5, 0.6) is 5.75 Å². The minimum atomic E-state index is -1.29. The lowest BCUT2D eigenvalue weighted by Gasteiger charge is -2.46. The summed E-state index contributed by atoms with van der Waals surface area (Å²) in [5.74, 6) is 0.622. The molecule has 0 saturated heterocycles. The molecule has 9 nitrogen and oxygen atoms in total. The zero-order valence-corrected chi connectivity index (χ0v) is 18.1. The largest absolute Gasteiger partial charge is 0.479 e. The van der Waals surface area contributed by atoms with Crippen LogP contribution >= 0.6 is 0 Å². The summed E-state index contributed by atoms with van der Waals surface area (Å²) in [7, 11) is 2.91. The van der Waals surface area contributed by atoms with Gasteiger partial charge in [-0.05, 0) is 30.7 Å². The molecule has 0 aromatic heterocycles. The van der Waals surface area contributed by atoms with Gasteiger partial charge in [-0.1, -0.05) is 30.3 Å². The molecule has 1 aliphatic rings. The van der Waals surface area contributed by atoms with E-state index in [1.54, 1.807) is 31.3 Å². The maximum atomic E-state index is 11.3. The molecule has 0 saturated carbocycles. The van der Waals surface area contributed by atoms with Gasteiger partial charge in [0.1, 0.15) is 11.9 Å². The minimum Gasteiger partial charge on any atom is -0.479 e. The minimum absolute atomic E-state index is 0.171. The fourth-order valence-corrected chi connectivity index (χ4v) is 3.76. The van der Waals surface area contributed by atoms with Gasteiger partial charge in [-0.3, -0.25) is 0 Å². The Morgan fingerprint density at radius 3 is 2.56 bits per heavy atom. The fraction of sp³-hybridized carbons (Fsp3) is 0.348. The number of nitrogens with zero attached hydrogens (tertiary/aromatic N) is 3. The number of aliphatic hydroxyl groups is 1. The number of hydrogen-bond donors (Lipinski definition) is 3. The summed E-state index contributed by atoms with van der Waals surface area (Å²) in [6.45, 7) is 2.08. The summed E-state index contributed by atoms with van der Waals surface area (Å²) in [5, 5.41) is 36.1. The number of hydrogen-bond acceptors (Lipinski definition) is 7. The molecule has 3 N–H and O–H groups in total. The monoisotopic (exact) mass is 435 g/mol. The predicted octanol–water partition coefficient (Wildman–Crippen LogP) is 1.95. The van der Waals surface area contributed by atoms with E-state index in [1.165, 1.54) is 14.2 Å². The van der Waals surface area contributed by atoms with Crippen LogP contribution in [-0.2, 0) is 16.0 Å². The van der Waals surface area contributed by atoms with Crippen LogP contribution in [0.2, 0.25) is 0 Å². The third-order valence-electron chi connectivity index (χ3n) is 5.36. The van der Waals surface area contributed by atoms with Crippen LogP contribution < -0.4 is 15.4 Å². The van der Waals surface area contributed by atoms with Crippen molar-refractivity contribution in [3.63, 3.8) is 0 Å². The molecule has 0 unspecified atom stereocenters. The van der Waals surface area contributed by atoms with E-state index in [-0.39, 0.29) is 5.96 Å². The molecule has 1 heterocycles. The van der Waals surface area contributed by atoms with Crippen LogP contribution in [0.15, 0.2) is 53.5 Å². The van der Waals surface area contributed by atoms with Crippen molar-refractivity contribution in [2.75, 3.05) is 14.2 Å². The Labute approximate surface area is 186 Å². The first-order chi connectivity index (χ1) is 15.5. The van der Waals surface area contributed by atoms with Crippen molar-refractivity contribution in [3.8, 4) is 18.0 Å². The van der Waals surface area contributed by atoms with Crippen molar-refractivity contribution in [2.45, 2.75) is 37.5 Å². The van der Waals surface area contributed by atoms with Gasteiger partial charge < -0.3 is 30.0 Å². The maximum absolute atomic E-state index is 11.3. The lowest BCUT2D eigenvalue weighted by Crippen LogP contribution is -2.62. The third-order valence-corrected chi connectivity index (χ3v) is 5.36. The zero-order valence-electron chi connectivity index (χ0n) is 18.1. The summed E-state index contributed by atoms with van der Waals surface area (Å²) in [5.41, 5.74) is 0.649. The average Bonchev–Trinajstić information content (AvgIpc) is 2.81. The van der Waals surface area contributed by atoms with Crippen molar-refractivity contribution in [1.82, 2.24) is 10.6 Å². The Morgan fingerprint density at radius 2 is 1.94 bits per heavy atom. The van der Waals surface area contributed by atoms with E-state index >= 15 is 0 Å². The number of nitriles is 2. The van der Waals surface area contributed by atoms with Gasteiger partial charge in [0.2, 0.25) is 12.2 Å². The zero-order chi connectivity index (χ0) is 23.1. The topological polar surface area (TPSA) is 132 Å². The number of ether oxygens (including phenoxy) is 3. The molecule has 2 aromatic rings. The van der Waals surface area contributed by atoms with Gasteiger partial charge in [0, 0.05) is 26.3 Å². The molecule has 0 amide bonds. The lowest BCUT2D eigenvalue weighted by atomic mass is 9.84. The van der Waals surface area contributed by atoms with Crippen LogP contribution in [0.3, 0.4) is 0 Å². The normalized spacial score (nSPS) is 22.3. The highest BCUT2D eigenvalue weighted by molar-refractivity contribution is 5.81. The van der Waals surface area contributed by atoms with E-state index in [0.29, 0.717) is 23.4 Å².